The number of rotatable bonds is 3. The Bertz CT molecular complexity index is 1370. The van der Waals surface area contributed by atoms with E-state index in [0.717, 1.165) is 56.2 Å². The first-order valence-electron chi connectivity index (χ1n) is 16.2. The van der Waals surface area contributed by atoms with Crippen LogP contribution in [0.25, 0.3) is 11.0 Å². The van der Waals surface area contributed by atoms with Gasteiger partial charge < -0.3 is 24.2 Å². The Balaban J connectivity index is 1.54. The Hall–Kier alpha value is -3.43. The number of aliphatic carboxylic acids is 1. The van der Waals surface area contributed by atoms with Crippen molar-refractivity contribution in [1.82, 2.24) is 14.9 Å². The van der Waals surface area contributed by atoms with Gasteiger partial charge in [0.25, 0.3) is 0 Å². The summed E-state index contributed by atoms with van der Waals surface area (Å²) in [4.78, 5) is 51.5. The number of aromatic nitrogens is 2. The van der Waals surface area contributed by atoms with Gasteiger partial charge in [0.15, 0.2) is 0 Å². The highest BCUT2D eigenvalue weighted by molar-refractivity contribution is 5.89. The number of benzene rings is 1. The Morgan fingerprint density at radius 2 is 1.80 bits per heavy atom. The topological polar surface area (TPSA) is 128 Å². The van der Waals surface area contributed by atoms with Gasteiger partial charge in [-0.1, -0.05) is 40.5 Å². The molecular formula is C34H47N3O7. The van der Waals surface area contributed by atoms with Crippen molar-refractivity contribution in [3.8, 4) is 11.6 Å². The fourth-order valence-electron chi connectivity index (χ4n) is 7.33. The maximum absolute atomic E-state index is 14.2. The van der Waals surface area contributed by atoms with Crippen molar-refractivity contribution in [2.24, 2.45) is 23.2 Å². The van der Waals surface area contributed by atoms with E-state index in [9.17, 15) is 19.5 Å². The van der Waals surface area contributed by atoms with E-state index in [2.05, 4.69) is 0 Å². The third-order valence-electron chi connectivity index (χ3n) is 9.85. The number of amides is 1. The van der Waals surface area contributed by atoms with Gasteiger partial charge in [0, 0.05) is 12.0 Å². The molecule has 1 aromatic heterocycles. The molecule has 0 spiro atoms. The van der Waals surface area contributed by atoms with Crippen LogP contribution in [0.3, 0.4) is 0 Å². The normalized spacial score (nSPS) is 28.8. The molecule has 1 N–H and O–H groups in total. The summed E-state index contributed by atoms with van der Waals surface area (Å²) in [7, 11) is 1.60. The number of aryl methyl sites for hydroxylation is 1. The predicted octanol–water partition coefficient (Wildman–Crippen LogP) is 5.59. The van der Waals surface area contributed by atoms with E-state index in [0.29, 0.717) is 35.9 Å². The van der Waals surface area contributed by atoms with Crippen molar-refractivity contribution in [3.05, 3.63) is 23.9 Å². The Morgan fingerprint density at radius 3 is 2.50 bits per heavy atom. The molecule has 10 heteroatoms. The molecule has 3 aliphatic rings. The van der Waals surface area contributed by atoms with Crippen LogP contribution in [-0.4, -0.2) is 69.7 Å². The minimum Gasteiger partial charge on any atom is -0.497 e. The first kappa shape index (κ1) is 32.0. The Kier molecular flexibility index (Phi) is 9.65. The number of ether oxygens (including phenoxy) is 3. The van der Waals surface area contributed by atoms with Gasteiger partial charge in [-0.3, -0.25) is 9.59 Å². The first-order chi connectivity index (χ1) is 21.0. The third-order valence-corrected chi connectivity index (χ3v) is 9.85. The van der Waals surface area contributed by atoms with E-state index < -0.39 is 35.4 Å². The molecule has 0 radical (unpaired) electrons. The quantitative estimate of drug-likeness (QED) is 0.443. The summed E-state index contributed by atoms with van der Waals surface area (Å²) >= 11 is 0. The molecule has 3 heterocycles. The highest BCUT2D eigenvalue weighted by atomic mass is 16.5. The lowest BCUT2D eigenvalue weighted by atomic mass is 9.77. The SMILES string of the molecule is CC[C@@H]1[C@@H]2CN(C(=O)[C@H](C(C)(C)C)CC(=O)O[C@@H]3CCC[C@H]3CCCCCc3nc4ccc(OC)cc4nc3O2)[C@@H]1C(=O)O. The van der Waals surface area contributed by atoms with Gasteiger partial charge in [0.2, 0.25) is 11.8 Å². The lowest BCUT2D eigenvalue weighted by molar-refractivity contribution is -0.159. The van der Waals surface area contributed by atoms with Crippen LogP contribution in [-0.2, 0) is 25.5 Å². The molecule has 1 aliphatic carbocycles. The summed E-state index contributed by atoms with van der Waals surface area (Å²) < 4.78 is 18.0. The molecule has 1 saturated carbocycles. The number of esters is 1. The van der Waals surface area contributed by atoms with Crippen LogP contribution < -0.4 is 9.47 Å². The van der Waals surface area contributed by atoms with Gasteiger partial charge in [0.05, 0.1) is 37.0 Å². The van der Waals surface area contributed by atoms with Crippen LogP contribution in [0.1, 0.15) is 91.2 Å². The van der Waals surface area contributed by atoms with E-state index in [4.69, 9.17) is 24.2 Å². The molecule has 2 aromatic rings. The molecule has 1 amide bonds. The van der Waals surface area contributed by atoms with Crippen molar-refractivity contribution >= 4 is 28.9 Å². The van der Waals surface area contributed by atoms with Gasteiger partial charge in [-0.25, -0.2) is 14.8 Å². The molecule has 5 rings (SSSR count). The summed E-state index contributed by atoms with van der Waals surface area (Å²) in [6, 6.07) is 4.46. The van der Waals surface area contributed by atoms with E-state index in [1.807, 2.05) is 45.9 Å². The third kappa shape index (κ3) is 6.79. The number of carboxylic acid groups (broad SMARTS) is 1. The predicted molar refractivity (Wildman–Crippen MR) is 164 cm³/mol. The molecule has 2 aliphatic heterocycles. The average molecular weight is 610 g/mol. The molecule has 1 aromatic carbocycles. The molecule has 10 nitrogen and oxygen atoms in total. The second-order valence-electron chi connectivity index (χ2n) is 13.8. The van der Waals surface area contributed by atoms with Crippen LogP contribution in [0.15, 0.2) is 18.2 Å². The molecule has 1 saturated heterocycles. The lowest BCUT2D eigenvalue weighted by Gasteiger charge is -2.34. The smallest absolute Gasteiger partial charge is 0.326 e. The van der Waals surface area contributed by atoms with Gasteiger partial charge in [-0.15, -0.1) is 0 Å². The number of hydrogen-bond acceptors (Lipinski definition) is 8. The Labute approximate surface area is 259 Å². The summed E-state index contributed by atoms with van der Waals surface area (Å²) in [5.41, 5.74) is 1.50. The largest absolute Gasteiger partial charge is 0.497 e. The van der Waals surface area contributed by atoms with Crippen molar-refractivity contribution in [2.75, 3.05) is 13.7 Å². The average Bonchev–Trinajstić information content (AvgIpc) is 3.58. The number of fused-ring (bicyclic) bond motifs is 5. The van der Waals surface area contributed by atoms with Crippen LogP contribution in [0.5, 0.6) is 11.6 Å². The molecular weight excluding hydrogens is 562 g/mol. The van der Waals surface area contributed by atoms with Crippen molar-refractivity contribution in [3.63, 3.8) is 0 Å². The minimum atomic E-state index is -1.09. The van der Waals surface area contributed by atoms with Crippen LogP contribution in [0.4, 0.5) is 0 Å². The lowest BCUT2D eigenvalue weighted by Crippen LogP contribution is -2.48. The highest BCUT2D eigenvalue weighted by Gasteiger charge is 2.51. The summed E-state index contributed by atoms with van der Waals surface area (Å²) in [5, 5.41) is 10.4. The van der Waals surface area contributed by atoms with Crippen molar-refractivity contribution in [2.45, 2.75) is 110 Å². The van der Waals surface area contributed by atoms with Crippen LogP contribution >= 0.6 is 0 Å². The first-order valence-corrected chi connectivity index (χ1v) is 16.2. The molecule has 44 heavy (non-hydrogen) atoms. The zero-order chi connectivity index (χ0) is 31.6. The monoisotopic (exact) mass is 609 g/mol. The second kappa shape index (κ2) is 13.3. The number of methoxy groups -OCH3 is 1. The van der Waals surface area contributed by atoms with E-state index in [1.54, 1.807) is 7.11 Å². The summed E-state index contributed by atoms with van der Waals surface area (Å²) in [5.74, 6) is -1.69. The number of carbonyl (C=O) groups is 3. The van der Waals surface area contributed by atoms with E-state index >= 15 is 0 Å². The molecule has 2 fully saturated rings. The van der Waals surface area contributed by atoms with Gasteiger partial charge in [0.1, 0.15) is 29.7 Å². The fourth-order valence-corrected chi connectivity index (χ4v) is 7.33. The zero-order valence-corrected chi connectivity index (χ0v) is 26.7. The fraction of sp³-hybridized carbons (Fsp3) is 0.676. The van der Waals surface area contributed by atoms with Gasteiger partial charge in [-0.2, -0.15) is 0 Å². The van der Waals surface area contributed by atoms with Gasteiger partial charge >= 0.3 is 11.9 Å². The zero-order valence-electron chi connectivity index (χ0n) is 26.7. The molecule has 2 bridgehead atoms. The summed E-state index contributed by atoms with van der Waals surface area (Å²) in [6.45, 7) is 7.73. The summed E-state index contributed by atoms with van der Waals surface area (Å²) in [6.07, 6.45) is 7.12. The highest BCUT2D eigenvalue weighted by Crippen LogP contribution is 2.39. The van der Waals surface area contributed by atoms with Crippen molar-refractivity contribution < 1.29 is 33.7 Å². The van der Waals surface area contributed by atoms with Crippen LogP contribution in [0.2, 0.25) is 0 Å². The molecule has 6 atom stereocenters. The standard InChI is InChI=1S/C34H47N3O7/c1-6-22-28-19-37(30(22)33(40)41)32(39)23(34(2,3)4)18-29(38)43-27-14-10-12-20(27)11-8-7-9-13-25-31(44-28)36-26-17-21(42-5)15-16-24(26)35-25/h15-17,20,22-23,27-28,30H,6-14,18-19H2,1-5H3,(H,40,41)/t20-,22-,23-,27-,28+,30+/m1/s1. The van der Waals surface area contributed by atoms with E-state index in [-0.39, 0.29) is 30.9 Å². The second-order valence-corrected chi connectivity index (χ2v) is 13.8. The number of hydrogen-bond donors (Lipinski definition) is 1. The van der Waals surface area contributed by atoms with Crippen molar-refractivity contribution in [1.29, 1.82) is 0 Å². The van der Waals surface area contributed by atoms with Crippen LogP contribution in [0, 0.1) is 23.2 Å². The number of carbonyl (C=O) groups excluding carboxylic acids is 2. The van der Waals surface area contributed by atoms with Gasteiger partial charge in [-0.05, 0) is 68.4 Å². The molecule has 0 unspecified atom stereocenters. The number of nitrogens with zero attached hydrogens (tertiary/aromatic N) is 3. The molecule has 240 valence electrons. The Morgan fingerprint density at radius 1 is 1.02 bits per heavy atom. The maximum atomic E-state index is 14.2. The number of carboxylic acids is 1. The minimum absolute atomic E-state index is 0.0813. The van der Waals surface area contributed by atoms with E-state index in [1.165, 1.54) is 4.90 Å². The maximum Gasteiger partial charge on any atom is 0.326 e.